The average molecular weight is 270 g/mol. The van der Waals surface area contributed by atoms with Crippen LogP contribution >= 0.6 is 22.9 Å². The maximum absolute atomic E-state index is 5.99. The molecule has 0 fully saturated rings. The molecular formula is C10H12ClN5S. The molecule has 2 N–H and O–H groups in total. The summed E-state index contributed by atoms with van der Waals surface area (Å²) in [5.74, 6) is 1.19. The van der Waals surface area contributed by atoms with Crippen molar-refractivity contribution in [3.63, 3.8) is 0 Å². The van der Waals surface area contributed by atoms with E-state index in [2.05, 4.69) is 25.6 Å². The Morgan fingerprint density at radius 3 is 3.00 bits per heavy atom. The first-order valence-corrected chi connectivity index (χ1v) is 6.38. The first-order valence-electron chi connectivity index (χ1n) is 5.12. The number of aromatic nitrogens is 3. The highest BCUT2D eigenvalue weighted by Crippen LogP contribution is 2.19. The van der Waals surface area contributed by atoms with Gasteiger partial charge in [0.1, 0.15) is 10.8 Å². The summed E-state index contributed by atoms with van der Waals surface area (Å²) in [6.07, 6.45) is 4.23. The van der Waals surface area contributed by atoms with E-state index in [0.717, 1.165) is 18.0 Å². The van der Waals surface area contributed by atoms with Crippen molar-refractivity contribution in [1.29, 1.82) is 0 Å². The molecular weight excluding hydrogens is 258 g/mol. The van der Waals surface area contributed by atoms with Crippen LogP contribution in [-0.2, 0) is 6.42 Å². The number of anilines is 2. The van der Waals surface area contributed by atoms with Crippen molar-refractivity contribution >= 4 is 34.7 Å². The topological polar surface area (TPSA) is 62.7 Å². The predicted octanol–water partition coefficient (Wildman–Crippen LogP) is 2.28. The fourth-order valence-electron chi connectivity index (χ4n) is 1.28. The maximum Gasteiger partial charge on any atom is 0.224 e. The van der Waals surface area contributed by atoms with Crippen LogP contribution in [0.1, 0.15) is 5.01 Å². The Hall–Kier alpha value is -1.40. The number of rotatable bonds is 5. The quantitative estimate of drug-likeness (QED) is 0.872. The average Bonchev–Trinajstić information content (AvgIpc) is 2.84. The van der Waals surface area contributed by atoms with Crippen LogP contribution in [-0.4, -0.2) is 28.5 Å². The zero-order chi connectivity index (χ0) is 12.1. The minimum atomic E-state index is 0.517. The van der Waals surface area contributed by atoms with Gasteiger partial charge in [0.05, 0.1) is 11.2 Å². The van der Waals surface area contributed by atoms with Gasteiger partial charge in [-0.1, -0.05) is 11.6 Å². The molecule has 90 valence electrons. The van der Waals surface area contributed by atoms with E-state index in [0.29, 0.717) is 16.8 Å². The van der Waals surface area contributed by atoms with Crippen molar-refractivity contribution in [2.75, 3.05) is 24.2 Å². The summed E-state index contributed by atoms with van der Waals surface area (Å²) in [6.45, 7) is 0.743. The molecule has 0 saturated carbocycles. The molecule has 0 atom stereocenters. The lowest BCUT2D eigenvalue weighted by Gasteiger charge is -2.07. The lowest BCUT2D eigenvalue weighted by Crippen LogP contribution is -2.08. The number of hydrogen-bond acceptors (Lipinski definition) is 6. The van der Waals surface area contributed by atoms with Crippen molar-refractivity contribution < 1.29 is 0 Å². The van der Waals surface area contributed by atoms with Crippen LogP contribution in [0, 0.1) is 0 Å². The summed E-state index contributed by atoms with van der Waals surface area (Å²) in [5.41, 5.74) is 0. The molecule has 7 heteroatoms. The van der Waals surface area contributed by atoms with Crippen LogP contribution in [0.5, 0.6) is 0 Å². The van der Waals surface area contributed by atoms with E-state index in [1.165, 1.54) is 0 Å². The third kappa shape index (κ3) is 3.28. The zero-order valence-corrected chi connectivity index (χ0v) is 10.8. The van der Waals surface area contributed by atoms with E-state index in [9.17, 15) is 0 Å². The predicted molar refractivity (Wildman–Crippen MR) is 70.9 cm³/mol. The fourth-order valence-corrected chi connectivity index (χ4v) is 2.05. The summed E-state index contributed by atoms with van der Waals surface area (Å²) in [6, 6.07) is 0. The Labute approximate surface area is 108 Å². The van der Waals surface area contributed by atoms with E-state index in [1.54, 1.807) is 30.8 Å². The van der Waals surface area contributed by atoms with Gasteiger partial charge >= 0.3 is 0 Å². The fraction of sp³-hybridized carbons (Fsp3) is 0.300. The van der Waals surface area contributed by atoms with Gasteiger partial charge in [-0.25, -0.2) is 9.97 Å². The molecule has 0 aliphatic rings. The molecule has 2 aromatic rings. The molecule has 0 aliphatic carbocycles. The van der Waals surface area contributed by atoms with Crippen molar-refractivity contribution in [2.45, 2.75) is 6.42 Å². The Morgan fingerprint density at radius 2 is 2.29 bits per heavy atom. The van der Waals surface area contributed by atoms with Crippen molar-refractivity contribution in [3.8, 4) is 0 Å². The minimum absolute atomic E-state index is 0.517. The summed E-state index contributed by atoms with van der Waals surface area (Å²) in [5, 5.41) is 9.61. The van der Waals surface area contributed by atoms with Gasteiger partial charge in [0.25, 0.3) is 0 Å². The highest BCUT2D eigenvalue weighted by atomic mass is 35.5. The van der Waals surface area contributed by atoms with E-state index in [1.807, 2.05) is 5.38 Å². The number of hydrogen-bond donors (Lipinski definition) is 2. The number of nitrogens with zero attached hydrogens (tertiary/aromatic N) is 3. The number of halogens is 1. The molecule has 0 unspecified atom stereocenters. The smallest absolute Gasteiger partial charge is 0.224 e. The zero-order valence-electron chi connectivity index (χ0n) is 9.27. The molecule has 0 spiro atoms. The Bertz CT molecular complexity index is 474. The lowest BCUT2D eigenvalue weighted by atomic mass is 10.4. The van der Waals surface area contributed by atoms with Crippen molar-refractivity contribution in [3.05, 3.63) is 27.8 Å². The maximum atomic E-state index is 5.99. The highest BCUT2D eigenvalue weighted by molar-refractivity contribution is 7.09. The van der Waals surface area contributed by atoms with Gasteiger partial charge in [-0.3, -0.25) is 0 Å². The largest absolute Gasteiger partial charge is 0.368 e. The third-order valence-electron chi connectivity index (χ3n) is 2.08. The van der Waals surface area contributed by atoms with E-state index in [4.69, 9.17) is 11.6 Å². The Kier molecular flexibility index (Phi) is 4.11. The van der Waals surface area contributed by atoms with Gasteiger partial charge in [-0.15, -0.1) is 11.3 Å². The molecule has 0 bridgehead atoms. The van der Waals surface area contributed by atoms with Gasteiger partial charge in [0, 0.05) is 31.6 Å². The molecule has 2 rings (SSSR count). The molecule has 0 aliphatic heterocycles. The van der Waals surface area contributed by atoms with Crippen molar-refractivity contribution in [1.82, 2.24) is 15.0 Å². The molecule has 2 heterocycles. The van der Waals surface area contributed by atoms with Crippen LogP contribution in [0.3, 0.4) is 0 Å². The van der Waals surface area contributed by atoms with Gasteiger partial charge in [-0.2, -0.15) is 4.98 Å². The van der Waals surface area contributed by atoms with Crippen LogP contribution in [0.4, 0.5) is 11.8 Å². The molecule has 0 radical (unpaired) electrons. The molecule has 0 aromatic carbocycles. The second-order valence-electron chi connectivity index (χ2n) is 3.24. The standard InChI is InChI=1S/C10H12ClN5S/c1-12-10-15-6-7(11)9(16-10)14-3-2-8-13-4-5-17-8/h4-6H,2-3H2,1H3,(H2,12,14,15,16). The van der Waals surface area contributed by atoms with Crippen molar-refractivity contribution in [2.24, 2.45) is 0 Å². The molecule has 0 saturated heterocycles. The summed E-state index contributed by atoms with van der Waals surface area (Å²) in [4.78, 5) is 12.4. The second kappa shape index (κ2) is 5.79. The van der Waals surface area contributed by atoms with E-state index >= 15 is 0 Å². The van der Waals surface area contributed by atoms with Gasteiger partial charge in [0.2, 0.25) is 5.95 Å². The number of nitrogens with one attached hydrogen (secondary N) is 2. The summed E-state index contributed by atoms with van der Waals surface area (Å²) in [7, 11) is 1.77. The first-order chi connectivity index (χ1) is 8.29. The normalized spacial score (nSPS) is 10.2. The van der Waals surface area contributed by atoms with Crippen LogP contribution < -0.4 is 10.6 Å². The first kappa shape index (κ1) is 12.1. The van der Waals surface area contributed by atoms with Gasteiger partial charge < -0.3 is 10.6 Å². The van der Waals surface area contributed by atoms with E-state index < -0.39 is 0 Å². The Morgan fingerprint density at radius 1 is 1.41 bits per heavy atom. The monoisotopic (exact) mass is 269 g/mol. The molecule has 17 heavy (non-hydrogen) atoms. The summed E-state index contributed by atoms with van der Waals surface area (Å²) >= 11 is 7.63. The molecule has 0 amide bonds. The Balaban J connectivity index is 1.94. The van der Waals surface area contributed by atoms with Gasteiger partial charge in [-0.05, 0) is 0 Å². The summed E-state index contributed by atoms with van der Waals surface area (Å²) < 4.78 is 0. The minimum Gasteiger partial charge on any atom is -0.368 e. The number of thiazole rings is 1. The van der Waals surface area contributed by atoms with E-state index in [-0.39, 0.29) is 0 Å². The highest BCUT2D eigenvalue weighted by Gasteiger charge is 2.04. The van der Waals surface area contributed by atoms with Gasteiger partial charge in [0.15, 0.2) is 0 Å². The third-order valence-corrected chi connectivity index (χ3v) is 3.20. The van der Waals surface area contributed by atoms with Crippen LogP contribution in [0.25, 0.3) is 0 Å². The second-order valence-corrected chi connectivity index (χ2v) is 4.63. The van der Waals surface area contributed by atoms with Crippen LogP contribution in [0.15, 0.2) is 17.8 Å². The lowest BCUT2D eigenvalue weighted by molar-refractivity contribution is 0.983. The SMILES string of the molecule is CNc1ncc(Cl)c(NCCc2nccs2)n1. The molecule has 5 nitrogen and oxygen atoms in total. The van der Waals surface area contributed by atoms with Crippen LogP contribution in [0.2, 0.25) is 5.02 Å². The molecule has 2 aromatic heterocycles.